The van der Waals surface area contributed by atoms with E-state index in [0.29, 0.717) is 25.3 Å². The van der Waals surface area contributed by atoms with E-state index < -0.39 is 0 Å². The number of urea groups is 1. The first-order valence-electron chi connectivity index (χ1n) is 9.23. The Labute approximate surface area is 156 Å². The fourth-order valence-corrected chi connectivity index (χ4v) is 3.39. The molecule has 0 saturated heterocycles. The van der Waals surface area contributed by atoms with Gasteiger partial charge in [-0.25, -0.2) is 9.18 Å². The van der Waals surface area contributed by atoms with Crippen LogP contribution in [0.5, 0.6) is 0 Å². The molecule has 0 spiro atoms. The molecule has 1 fully saturated rings. The Morgan fingerprint density at radius 3 is 2.67 bits per heavy atom. The molecule has 142 valence electrons. The molecule has 1 aliphatic carbocycles. The molecule has 2 aliphatic rings. The van der Waals surface area contributed by atoms with Gasteiger partial charge in [0.25, 0.3) is 0 Å². The van der Waals surface area contributed by atoms with E-state index in [1.54, 1.807) is 0 Å². The summed E-state index contributed by atoms with van der Waals surface area (Å²) in [5.74, 6) is 0.109. The standard InChI is InChI=1S/C19H22FN5O2/c20-14-4-6-15(7-5-14)22-19(27)21-11-16-10-17-12-24(8-9-25(17)23-16)18(26)13-2-1-3-13/h4-7,10,13H,1-3,8-9,11-12H2,(H2,21,22,27). The molecule has 4 rings (SSSR count). The minimum absolute atomic E-state index is 0.204. The molecule has 0 unspecified atom stereocenters. The van der Waals surface area contributed by atoms with E-state index in [9.17, 15) is 14.0 Å². The summed E-state index contributed by atoms with van der Waals surface area (Å²) in [5.41, 5.74) is 2.25. The number of aromatic nitrogens is 2. The highest BCUT2D eigenvalue weighted by Crippen LogP contribution is 2.29. The molecule has 8 heteroatoms. The van der Waals surface area contributed by atoms with Gasteiger partial charge in [0, 0.05) is 18.2 Å². The van der Waals surface area contributed by atoms with Crippen LogP contribution >= 0.6 is 0 Å². The lowest BCUT2D eigenvalue weighted by atomic mass is 9.84. The Hall–Kier alpha value is -2.90. The van der Waals surface area contributed by atoms with Crippen LogP contribution in [0.2, 0.25) is 0 Å². The molecule has 2 aromatic rings. The van der Waals surface area contributed by atoms with Crippen molar-refractivity contribution in [2.24, 2.45) is 5.92 Å². The first-order chi connectivity index (χ1) is 13.1. The van der Waals surface area contributed by atoms with Crippen LogP contribution < -0.4 is 10.6 Å². The van der Waals surface area contributed by atoms with Crippen molar-refractivity contribution < 1.29 is 14.0 Å². The second kappa shape index (κ2) is 7.38. The average Bonchev–Trinajstić information content (AvgIpc) is 3.02. The summed E-state index contributed by atoms with van der Waals surface area (Å²) in [6.45, 7) is 2.21. The molecule has 2 N–H and O–H groups in total. The molecule has 3 amide bonds. The summed E-state index contributed by atoms with van der Waals surface area (Å²) in [5, 5.41) is 9.89. The number of nitrogens with one attached hydrogen (secondary N) is 2. The third-order valence-corrected chi connectivity index (χ3v) is 5.15. The van der Waals surface area contributed by atoms with Crippen LogP contribution in [0, 0.1) is 11.7 Å². The monoisotopic (exact) mass is 371 g/mol. The Balaban J connectivity index is 1.31. The van der Waals surface area contributed by atoms with Gasteiger partial charge in [0.05, 0.1) is 31.0 Å². The number of carbonyl (C=O) groups is 2. The maximum Gasteiger partial charge on any atom is 0.319 e. The number of hydrogen-bond acceptors (Lipinski definition) is 3. The second-order valence-electron chi connectivity index (χ2n) is 7.05. The highest BCUT2D eigenvalue weighted by molar-refractivity contribution is 5.89. The van der Waals surface area contributed by atoms with Crippen LogP contribution in [-0.2, 0) is 24.4 Å². The molecular formula is C19H22FN5O2. The molecule has 7 nitrogen and oxygen atoms in total. The predicted molar refractivity (Wildman–Crippen MR) is 97.2 cm³/mol. The maximum atomic E-state index is 12.9. The molecule has 0 atom stereocenters. The molecule has 1 aromatic heterocycles. The number of carbonyl (C=O) groups excluding carboxylic acids is 2. The molecule has 27 heavy (non-hydrogen) atoms. The van der Waals surface area contributed by atoms with Crippen LogP contribution in [0.25, 0.3) is 0 Å². The molecule has 1 aromatic carbocycles. The van der Waals surface area contributed by atoms with Crippen LogP contribution in [0.4, 0.5) is 14.9 Å². The van der Waals surface area contributed by atoms with Gasteiger partial charge >= 0.3 is 6.03 Å². The number of fused-ring (bicyclic) bond motifs is 1. The number of anilines is 1. The quantitative estimate of drug-likeness (QED) is 0.867. The topological polar surface area (TPSA) is 79.3 Å². The Kier molecular flexibility index (Phi) is 4.79. The van der Waals surface area contributed by atoms with Gasteiger partial charge in [-0.2, -0.15) is 5.10 Å². The number of amides is 3. The van der Waals surface area contributed by atoms with Gasteiger partial charge in [-0.3, -0.25) is 9.48 Å². The first-order valence-corrected chi connectivity index (χ1v) is 9.23. The summed E-state index contributed by atoms with van der Waals surface area (Å²) >= 11 is 0. The normalized spacial score (nSPS) is 16.4. The summed E-state index contributed by atoms with van der Waals surface area (Å²) in [7, 11) is 0. The lowest BCUT2D eigenvalue weighted by Gasteiger charge is -2.34. The number of nitrogens with zero attached hydrogens (tertiary/aromatic N) is 3. The van der Waals surface area contributed by atoms with E-state index >= 15 is 0 Å². The minimum atomic E-state index is -0.380. The second-order valence-corrected chi connectivity index (χ2v) is 7.05. The third-order valence-electron chi connectivity index (χ3n) is 5.15. The smallest absolute Gasteiger partial charge is 0.319 e. The number of halogens is 1. The summed E-state index contributed by atoms with van der Waals surface area (Å²) in [4.78, 5) is 26.3. The van der Waals surface area contributed by atoms with Gasteiger partial charge in [-0.15, -0.1) is 0 Å². The Bertz CT molecular complexity index is 844. The zero-order chi connectivity index (χ0) is 18.8. The molecule has 1 saturated carbocycles. The molecule has 2 heterocycles. The van der Waals surface area contributed by atoms with Crippen molar-refractivity contribution in [3.05, 3.63) is 47.5 Å². The lowest BCUT2D eigenvalue weighted by Crippen LogP contribution is -2.43. The van der Waals surface area contributed by atoms with Crippen molar-refractivity contribution in [3.8, 4) is 0 Å². The van der Waals surface area contributed by atoms with Gasteiger partial charge in [0.2, 0.25) is 5.91 Å². The molecular weight excluding hydrogens is 349 g/mol. The number of rotatable bonds is 4. The van der Waals surface area contributed by atoms with Crippen molar-refractivity contribution in [1.29, 1.82) is 0 Å². The van der Waals surface area contributed by atoms with E-state index in [4.69, 9.17) is 0 Å². The van der Waals surface area contributed by atoms with Crippen LogP contribution in [-0.4, -0.2) is 33.2 Å². The number of hydrogen-bond donors (Lipinski definition) is 2. The lowest BCUT2D eigenvalue weighted by molar-refractivity contribution is -0.139. The van der Waals surface area contributed by atoms with E-state index in [0.717, 1.165) is 30.7 Å². The van der Waals surface area contributed by atoms with Crippen LogP contribution in [0.3, 0.4) is 0 Å². The zero-order valence-corrected chi connectivity index (χ0v) is 14.9. The molecule has 0 bridgehead atoms. The van der Waals surface area contributed by atoms with Gasteiger partial charge in [-0.05, 0) is 43.2 Å². The molecule has 1 aliphatic heterocycles. The van der Waals surface area contributed by atoms with Crippen molar-refractivity contribution in [3.63, 3.8) is 0 Å². The van der Waals surface area contributed by atoms with E-state index in [1.807, 2.05) is 15.6 Å². The van der Waals surface area contributed by atoms with E-state index in [2.05, 4.69) is 15.7 Å². The van der Waals surface area contributed by atoms with Crippen molar-refractivity contribution >= 4 is 17.6 Å². The van der Waals surface area contributed by atoms with Gasteiger partial charge in [-0.1, -0.05) is 6.42 Å². The van der Waals surface area contributed by atoms with Crippen molar-refractivity contribution in [2.45, 2.75) is 38.9 Å². The number of benzene rings is 1. The van der Waals surface area contributed by atoms with E-state index in [1.165, 1.54) is 24.3 Å². The fourth-order valence-electron chi connectivity index (χ4n) is 3.39. The highest BCUT2D eigenvalue weighted by Gasteiger charge is 2.31. The Morgan fingerprint density at radius 2 is 1.96 bits per heavy atom. The average molecular weight is 371 g/mol. The predicted octanol–water partition coefficient (Wildman–Crippen LogP) is 2.49. The largest absolute Gasteiger partial charge is 0.335 e. The van der Waals surface area contributed by atoms with Gasteiger partial charge < -0.3 is 15.5 Å². The van der Waals surface area contributed by atoms with Crippen molar-refractivity contribution in [1.82, 2.24) is 20.0 Å². The third kappa shape index (κ3) is 3.94. The van der Waals surface area contributed by atoms with Crippen LogP contribution in [0.1, 0.15) is 30.7 Å². The highest BCUT2D eigenvalue weighted by atomic mass is 19.1. The summed E-state index contributed by atoms with van der Waals surface area (Å²) < 4.78 is 14.8. The minimum Gasteiger partial charge on any atom is -0.335 e. The first kappa shape index (κ1) is 17.5. The maximum absolute atomic E-state index is 12.9. The summed E-state index contributed by atoms with van der Waals surface area (Å²) in [6.07, 6.45) is 3.16. The van der Waals surface area contributed by atoms with Gasteiger partial charge in [0.15, 0.2) is 0 Å². The zero-order valence-electron chi connectivity index (χ0n) is 14.9. The molecule has 0 radical (unpaired) electrons. The SMILES string of the molecule is O=C(NCc1cc2n(n1)CCN(C(=O)C1CCC1)C2)Nc1ccc(F)cc1. The van der Waals surface area contributed by atoms with Gasteiger partial charge in [0.1, 0.15) is 5.82 Å². The Morgan fingerprint density at radius 1 is 1.19 bits per heavy atom. The fraction of sp³-hybridized carbons (Fsp3) is 0.421. The van der Waals surface area contributed by atoms with Crippen molar-refractivity contribution in [2.75, 3.05) is 11.9 Å². The summed E-state index contributed by atoms with van der Waals surface area (Å²) in [6, 6.07) is 7.12. The van der Waals surface area contributed by atoms with Crippen LogP contribution in [0.15, 0.2) is 30.3 Å². The van der Waals surface area contributed by atoms with E-state index in [-0.39, 0.29) is 30.2 Å².